The van der Waals surface area contributed by atoms with Crippen molar-refractivity contribution in [3.63, 3.8) is 0 Å². The van der Waals surface area contributed by atoms with E-state index in [9.17, 15) is 23.6 Å². The smallest absolute Gasteiger partial charge is 0.387 e. The first kappa shape index (κ1) is 27.9. The van der Waals surface area contributed by atoms with Crippen LogP contribution in [-0.4, -0.2) is 37.0 Å². The first-order valence-corrected chi connectivity index (χ1v) is 13.0. The van der Waals surface area contributed by atoms with Gasteiger partial charge in [-0.2, -0.15) is 8.78 Å². The summed E-state index contributed by atoms with van der Waals surface area (Å²) in [6.45, 7) is -3.42. The summed E-state index contributed by atoms with van der Waals surface area (Å²) in [7, 11) is 0. The number of carbonyl (C=O) groups excluding carboxylic acids is 2. The third-order valence-corrected chi connectivity index (χ3v) is 7.00. The highest BCUT2D eigenvalue weighted by Crippen LogP contribution is 2.37. The Morgan fingerprint density at radius 2 is 1.87 bits per heavy atom. The van der Waals surface area contributed by atoms with E-state index in [0.717, 1.165) is 24.2 Å². The monoisotopic (exact) mass is 588 g/mol. The lowest BCUT2D eigenvalue weighted by Crippen LogP contribution is -2.29. The van der Waals surface area contributed by atoms with Gasteiger partial charge in [0.15, 0.2) is 18.1 Å². The van der Waals surface area contributed by atoms with Crippen LogP contribution in [0, 0.1) is 5.92 Å². The third kappa shape index (κ3) is 7.68. The molecule has 202 valence electrons. The summed E-state index contributed by atoms with van der Waals surface area (Å²) >= 11 is 13.7. The van der Waals surface area contributed by atoms with Crippen LogP contribution in [0.15, 0.2) is 48.1 Å². The van der Waals surface area contributed by atoms with Gasteiger partial charge < -0.3 is 18.9 Å². The van der Waals surface area contributed by atoms with Gasteiger partial charge in [0.25, 0.3) is 0 Å². The van der Waals surface area contributed by atoms with E-state index in [4.69, 9.17) is 37.4 Å². The van der Waals surface area contributed by atoms with Crippen molar-refractivity contribution in [3.05, 3.63) is 74.2 Å². The summed E-state index contributed by atoms with van der Waals surface area (Å²) in [4.78, 5) is 25.1. The number of alkyl halides is 2. The van der Waals surface area contributed by atoms with Gasteiger partial charge in [0.1, 0.15) is 21.0 Å². The molecule has 0 spiro atoms. The quantitative estimate of drug-likeness (QED) is 0.166. The zero-order valence-electron chi connectivity index (χ0n) is 19.7. The highest BCUT2D eigenvalue weighted by molar-refractivity contribution is 7.11. The molecule has 38 heavy (non-hydrogen) atoms. The fourth-order valence-electron chi connectivity index (χ4n) is 3.45. The SMILES string of the molecule is O=C(COC(=O)c1cccs1)O[C@@H](Cc1c(Cl)c[n+](O)cc1Cl)c1ccc(OC(F)F)c(OCC2CC2)c1. The number of hydrogen-bond acceptors (Lipinski definition) is 8. The van der Waals surface area contributed by atoms with Crippen LogP contribution < -0.4 is 14.2 Å². The fraction of sp³-hybridized carbons (Fsp3) is 0.320. The van der Waals surface area contributed by atoms with Crippen LogP contribution in [0.4, 0.5) is 8.78 Å². The molecule has 1 aromatic carbocycles. The Hall–Kier alpha value is -3.15. The molecule has 4 rings (SSSR count). The third-order valence-electron chi connectivity index (χ3n) is 5.50. The highest BCUT2D eigenvalue weighted by atomic mass is 35.5. The summed E-state index contributed by atoms with van der Waals surface area (Å²) in [5, 5.41) is 11.6. The molecule has 0 amide bonds. The second kappa shape index (κ2) is 12.6. The molecular formula is C25H22Cl2F2NO7S+. The van der Waals surface area contributed by atoms with E-state index in [1.165, 1.54) is 30.6 Å². The summed E-state index contributed by atoms with van der Waals surface area (Å²) < 4.78 is 47.6. The molecule has 1 fully saturated rings. The maximum atomic E-state index is 13.0. The van der Waals surface area contributed by atoms with E-state index in [2.05, 4.69) is 4.74 Å². The Balaban J connectivity index is 1.58. The largest absolute Gasteiger partial charge is 0.489 e. The molecule has 13 heteroatoms. The minimum atomic E-state index is -3.07. The van der Waals surface area contributed by atoms with E-state index >= 15 is 0 Å². The van der Waals surface area contributed by atoms with Crippen molar-refractivity contribution in [1.29, 1.82) is 0 Å². The number of thiophene rings is 1. The van der Waals surface area contributed by atoms with Gasteiger partial charge >= 0.3 is 18.6 Å². The number of nitrogens with zero attached hydrogens (tertiary/aromatic N) is 1. The number of esters is 2. The molecular weight excluding hydrogens is 567 g/mol. The first-order chi connectivity index (χ1) is 18.2. The van der Waals surface area contributed by atoms with Gasteiger partial charge in [-0.3, -0.25) is 5.21 Å². The van der Waals surface area contributed by atoms with Crippen molar-refractivity contribution >= 4 is 46.5 Å². The molecule has 0 unspecified atom stereocenters. The Morgan fingerprint density at radius 1 is 1.13 bits per heavy atom. The second-order valence-electron chi connectivity index (χ2n) is 8.39. The van der Waals surface area contributed by atoms with E-state index in [1.54, 1.807) is 17.5 Å². The van der Waals surface area contributed by atoms with E-state index in [-0.39, 0.29) is 28.0 Å². The molecule has 2 aromatic heterocycles. The molecule has 0 bridgehead atoms. The molecule has 2 heterocycles. The van der Waals surface area contributed by atoms with Crippen molar-refractivity contribution in [1.82, 2.24) is 0 Å². The minimum absolute atomic E-state index is 0.0540. The number of rotatable bonds is 12. The van der Waals surface area contributed by atoms with Crippen LogP contribution in [0.1, 0.15) is 39.7 Å². The van der Waals surface area contributed by atoms with Gasteiger partial charge in [-0.05, 0) is 47.9 Å². The standard InChI is InChI=1S/C25H22Cl2F2NO7S/c26-17-10-30(33)11-18(27)16(17)9-20(36-23(31)13-35-24(32)22-2-1-7-38-22)15-5-6-19(37-25(28)29)21(8-15)34-12-14-3-4-14/h1-2,5-8,10-11,14,20,25,33H,3-4,9,12-13H2/q+1/t20-/m0/s1. The average molecular weight is 589 g/mol. The number of ether oxygens (including phenoxy) is 4. The molecule has 1 atom stereocenters. The van der Waals surface area contributed by atoms with Crippen LogP contribution in [0.3, 0.4) is 0 Å². The summed E-state index contributed by atoms with van der Waals surface area (Å²) in [6, 6.07) is 7.39. The fourth-order valence-corrected chi connectivity index (χ4v) is 4.68. The van der Waals surface area contributed by atoms with Gasteiger partial charge in [-0.25, -0.2) is 9.59 Å². The zero-order chi connectivity index (χ0) is 27.2. The van der Waals surface area contributed by atoms with Crippen molar-refractivity contribution in [2.24, 2.45) is 5.92 Å². The second-order valence-corrected chi connectivity index (χ2v) is 10.1. The zero-order valence-corrected chi connectivity index (χ0v) is 22.0. The van der Waals surface area contributed by atoms with Gasteiger partial charge in [0.05, 0.1) is 6.61 Å². The van der Waals surface area contributed by atoms with E-state index in [0.29, 0.717) is 33.3 Å². The number of hydrogen-bond donors (Lipinski definition) is 1. The highest BCUT2D eigenvalue weighted by Gasteiger charge is 2.27. The molecule has 1 aliphatic carbocycles. The molecule has 3 aromatic rings. The summed E-state index contributed by atoms with van der Waals surface area (Å²) in [6.07, 6.45) is 3.26. The van der Waals surface area contributed by atoms with Crippen molar-refractivity contribution in [2.75, 3.05) is 13.2 Å². The first-order valence-electron chi connectivity index (χ1n) is 11.4. The predicted octanol–water partition coefficient (Wildman–Crippen LogP) is 5.65. The number of carbonyl (C=O) groups is 2. The van der Waals surface area contributed by atoms with Gasteiger partial charge in [0, 0.05) is 16.7 Å². The van der Waals surface area contributed by atoms with Gasteiger partial charge in [0.2, 0.25) is 12.4 Å². The number of benzene rings is 1. The number of aromatic nitrogens is 1. The van der Waals surface area contributed by atoms with Gasteiger partial charge in [-0.15, -0.1) is 11.3 Å². The molecule has 1 aliphatic rings. The number of pyridine rings is 1. The minimum Gasteiger partial charge on any atom is -0.489 e. The molecule has 1 N–H and O–H groups in total. The normalized spacial score (nSPS) is 13.7. The average Bonchev–Trinajstić information content (AvgIpc) is 3.52. The van der Waals surface area contributed by atoms with Crippen LogP contribution in [0.25, 0.3) is 0 Å². The Labute approximate surface area is 230 Å². The number of halogens is 4. The Morgan fingerprint density at radius 3 is 2.50 bits per heavy atom. The lowest BCUT2D eigenvalue weighted by atomic mass is 10.0. The summed E-state index contributed by atoms with van der Waals surface area (Å²) in [5.41, 5.74) is 0.712. The molecule has 0 aliphatic heterocycles. The maximum absolute atomic E-state index is 13.0. The van der Waals surface area contributed by atoms with Crippen molar-refractivity contribution in [2.45, 2.75) is 32.0 Å². The summed E-state index contributed by atoms with van der Waals surface area (Å²) in [5.74, 6) is -1.33. The van der Waals surface area contributed by atoms with Crippen LogP contribution in [0.5, 0.6) is 11.5 Å². The lowest BCUT2D eigenvalue weighted by Gasteiger charge is -2.21. The van der Waals surface area contributed by atoms with Crippen LogP contribution >= 0.6 is 34.5 Å². The topological polar surface area (TPSA) is 95.2 Å². The molecule has 8 nitrogen and oxygen atoms in total. The molecule has 0 radical (unpaired) electrons. The van der Waals surface area contributed by atoms with Crippen LogP contribution in [-0.2, 0) is 20.7 Å². The van der Waals surface area contributed by atoms with Gasteiger partial charge in [-0.1, -0.05) is 35.3 Å². The molecule has 1 saturated carbocycles. The van der Waals surface area contributed by atoms with Crippen molar-refractivity contribution < 1.29 is 47.3 Å². The van der Waals surface area contributed by atoms with Crippen molar-refractivity contribution in [3.8, 4) is 11.5 Å². The Bertz CT molecular complexity index is 1270. The lowest BCUT2D eigenvalue weighted by molar-refractivity contribution is -0.904. The maximum Gasteiger partial charge on any atom is 0.387 e. The predicted molar refractivity (Wildman–Crippen MR) is 132 cm³/mol. The van der Waals surface area contributed by atoms with E-state index in [1.807, 2.05) is 0 Å². The molecule has 0 saturated heterocycles. The Kier molecular flexibility index (Phi) is 9.24. The van der Waals surface area contributed by atoms with E-state index < -0.39 is 31.3 Å². The van der Waals surface area contributed by atoms with Crippen LogP contribution in [0.2, 0.25) is 10.0 Å².